The van der Waals surface area contributed by atoms with Crippen LogP contribution in [0, 0.1) is 6.92 Å². The van der Waals surface area contributed by atoms with E-state index in [-0.39, 0.29) is 11.4 Å². The summed E-state index contributed by atoms with van der Waals surface area (Å²) in [6.45, 7) is 1.62. The topological polar surface area (TPSA) is 74.9 Å². The summed E-state index contributed by atoms with van der Waals surface area (Å²) >= 11 is 0. The van der Waals surface area contributed by atoms with Crippen molar-refractivity contribution in [1.82, 2.24) is 9.47 Å². The normalized spacial score (nSPS) is 10.5. The predicted molar refractivity (Wildman–Crippen MR) is 78.4 cm³/mol. The van der Waals surface area contributed by atoms with E-state index in [0.717, 1.165) is 0 Å². The van der Waals surface area contributed by atoms with E-state index in [2.05, 4.69) is 0 Å². The molecule has 0 saturated heterocycles. The molecule has 1 aromatic heterocycles. The van der Waals surface area contributed by atoms with Gasteiger partial charge in [-0.1, -0.05) is 12.1 Å². The van der Waals surface area contributed by atoms with Crippen molar-refractivity contribution in [3.8, 4) is 22.9 Å². The molecule has 0 bridgehead atoms. The summed E-state index contributed by atoms with van der Waals surface area (Å²) in [5.41, 5.74) is 0.931. The second-order valence-corrected chi connectivity index (χ2v) is 4.84. The van der Waals surface area contributed by atoms with Gasteiger partial charge in [-0.3, -0.25) is 9.36 Å². The summed E-state index contributed by atoms with van der Waals surface area (Å²) in [6, 6.07) is 7.08. The van der Waals surface area contributed by atoms with Crippen LogP contribution in [0.5, 0.6) is 17.2 Å². The average Bonchev–Trinajstić information content (AvgIpc) is 2.70. The van der Waals surface area contributed by atoms with Crippen molar-refractivity contribution in [3.05, 3.63) is 35.7 Å². The maximum atomic E-state index is 12.3. The Morgan fingerprint density at radius 3 is 2.38 bits per heavy atom. The number of hydrogen-bond acceptors (Lipinski definition) is 4. The second-order valence-electron chi connectivity index (χ2n) is 4.84. The maximum absolute atomic E-state index is 12.3. The van der Waals surface area contributed by atoms with Crippen molar-refractivity contribution >= 4 is 5.91 Å². The number of nitrogens with zero attached hydrogens (tertiary/aromatic N) is 2. The average molecular weight is 290 g/mol. The molecule has 0 aliphatic carbocycles. The van der Waals surface area contributed by atoms with Crippen LogP contribution in [0.1, 0.15) is 16.2 Å². The Morgan fingerprint density at radius 2 is 1.81 bits per heavy atom. The summed E-state index contributed by atoms with van der Waals surface area (Å²) in [5.74, 6) is -0.631. The molecule has 1 aromatic carbocycles. The third-order valence-electron chi connectivity index (χ3n) is 3.29. The largest absolute Gasteiger partial charge is 0.503 e. The molecule has 0 saturated carbocycles. The molecule has 2 N–H and O–H groups in total. The number of aromatic hydroxyl groups is 2. The first-order chi connectivity index (χ1) is 9.90. The maximum Gasteiger partial charge on any atom is 0.274 e. The van der Waals surface area contributed by atoms with E-state index in [0.29, 0.717) is 17.1 Å². The van der Waals surface area contributed by atoms with Gasteiger partial charge in [0.2, 0.25) is 0 Å². The lowest BCUT2D eigenvalue weighted by atomic mass is 10.2. The Hall–Kier alpha value is -2.63. The lowest BCUT2D eigenvalue weighted by Crippen LogP contribution is -2.24. The van der Waals surface area contributed by atoms with Gasteiger partial charge in [-0.15, -0.1) is 0 Å². The second kappa shape index (κ2) is 5.40. The number of hydrogen-bond donors (Lipinski definition) is 2. The van der Waals surface area contributed by atoms with Crippen LogP contribution in [0.3, 0.4) is 0 Å². The van der Waals surface area contributed by atoms with Gasteiger partial charge in [0.1, 0.15) is 5.75 Å². The van der Waals surface area contributed by atoms with Crippen molar-refractivity contribution in [2.24, 2.45) is 0 Å². The quantitative estimate of drug-likeness (QED) is 0.905. The zero-order valence-electron chi connectivity index (χ0n) is 12.4. The van der Waals surface area contributed by atoms with Crippen molar-refractivity contribution in [3.63, 3.8) is 0 Å². The standard InChI is InChI=1S/C15H18N2O4/c1-9-13(18)14(19)12(15(20)16(2)3)17(9)10-7-5-6-8-11(10)21-4/h5-8,18-19H,1-4H3. The number of ether oxygens (including phenoxy) is 1. The summed E-state index contributed by atoms with van der Waals surface area (Å²) in [7, 11) is 4.67. The van der Waals surface area contributed by atoms with E-state index < -0.39 is 11.7 Å². The fourth-order valence-corrected chi connectivity index (χ4v) is 2.19. The molecule has 0 fully saturated rings. The highest BCUT2D eigenvalue weighted by Gasteiger charge is 2.28. The predicted octanol–water partition coefficient (Wildman–Crippen LogP) is 1.91. The number of carbonyl (C=O) groups excluding carboxylic acids is 1. The van der Waals surface area contributed by atoms with Gasteiger partial charge in [0.05, 0.1) is 18.5 Å². The van der Waals surface area contributed by atoms with Crippen LogP contribution in [0.15, 0.2) is 24.3 Å². The summed E-state index contributed by atoms with van der Waals surface area (Å²) in [4.78, 5) is 13.7. The van der Waals surface area contributed by atoms with Crippen LogP contribution in [0.25, 0.3) is 5.69 Å². The minimum Gasteiger partial charge on any atom is -0.503 e. The zero-order chi connectivity index (χ0) is 15.7. The molecular weight excluding hydrogens is 272 g/mol. The van der Waals surface area contributed by atoms with Crippen molar-refractivity contribution in [1.29, 1.82) is 0 Å². The number of rotatable bonds is 3. The molecule has 2 aromatic rings. The molecule has 2 rings (SSSR count). The van der Waals surface area contributed by atoms with Gasteiger partial charge in [0, 0.05) is 14.1 Å². The highest BCUT2D eigenvalue weighted by molar-refractivity contribution is 5.97. The van der Waals surface area contributed by atoms with E-state index >= 15 is 0 Å². The fourth-order valence-electron chi connectivity index (χ4n) is 2.19. The third kappa shape index (κ3) is 2.29. The molecule has 6 nitrogen and oxygen atoms in total. The Balaban J connectivity index is 2.80. The fraction of sp³-hybridized carbons (Fsp3) is 0.267. The number of methoxy groups -OCH3 is 1. The minimum atomic E-state index is -0.433. The van der Waals surface area contributed by atoms with Gasteiger partial charge in [0.15, 0.2) is 17.2 Å². The van der Waals surface area contributed by atoms with E-state index in [1.165, 1.54) is 16.6 Å². The van der Waals surface area contributed by atoms with Crippen LogP contribution in [0.2, 0.25) is 0 Å². The monoisotopic (exact) mass is 290 g/mol. The number of carbonyl (C=O) groups is 1. The molecule has 0 aliphatic heterocycles. The van der Waals surface area contributed by atoms with Gasteiger partial charge in [-0.25, -0.2) is 0 Å². The molecule has 0 radical (unpaired) electrons. The van der Waals surface area contributed by atoms with Crippen LogP contribution in [-0.4, -0.2) is 46.8 Å². The van der Waals surface area contributed by atoms with E-state index in [1.54, 1.807) is 45.3 Å². The van der Waals surface area contributed by atoms with Crippen LogP contribution in [-0.2, 0) is 0 Å². The van der Waals surface area contributed by atoms with Crippen LogP contribution >= 0.6 is 0 Å². The first-order valence-corrected chi connectivity index (χ1v) is 6.38. The number of amides is 1. The Kier molecular flexibility index (Phi) is 3.80. The molecule has 0 atom stereocenters. The molecule has 112 valence electrons. The SMILES string of the molecule is COc1ccccc1-n1c(C)c(O)c(O)c1C(=O)N(C)C. The van der Waals surface area contributed by atoms with Crippen molar-refractivity contribution in [2.75, 3.05) is 21.2 Å². The van der Waals surface area contributed by atoms with Gasteiger partial charge in [-0.05, 0) is 19.1 Å². The number of aromatic nitrogens is 1. The summed E-state index contributed by atoms with van der Waals surface area (Å²) in [5, 5.41) is 20.1. The molecule has 0 aliphatic rings. The molecule has 6 heteroatoms. The molecule has 1 amide bonds. The summed E-state index contributed by atoms with van der Waals surface area (Å²) < 4.78 is 6.78. The Labute approximate surface area is 122 Å². The van der Waals surface area contributed by atoms with E-state index in [4.69, 9.17) is 4.74 Å². The lowest BCUT2D eigenvalue weighted by molar-refractivity contribution is 0.0816. The molecule has 0 spiro atoms. The smallest absolute Gasteiger partial charge is 0.274 e. The van der Waals surface area contributed by atoms with Gasteiger partial charge < -0.3 is 19.8 Å². The first kappa shape index (κ1) is 14.8. The van der Waals surface area contributed by atoms with Crippen molar-refractivity contribution < 1.29 is 19.7 Å². The number of para-hydroxylation sites is 2. The van der Waals surface area contributed by atoms with Crippen LogP contribution < -0.4 is 4.74 Å². The highest BCUT2D eigenvalue weighted by atomic mass is 16.5. The third-order valence-corrected chi connectivity index (χ3v) is 3.29. The Bertz CT molecular complexity index is 689. The van der Waals surface area contributed by atoms with E-state index in [1.807, 2.05) is 0 Å². The molecule has 0 unspecified atom stereocenters. The first-order valence-electron chi connectivity index (χ1n) is 6.38. The molecule has 21 heavy (non-hydrogen) atoms. The Morgan fingerprint density at radius 1 is 1.19 bits per heavy atom. The van der Waals surface area contributed by atoms with Crippen molar-refractivity contribution in [2.45, 2.75) is 6.92 Å². The lowest BCUT2D eigenvalue weighted by Gasteiger charge is -2.16. The molecular formula is C15H18N2O4. The van der Waals surface area contributed by atoms with Gasteiger partial charge in [0.25, 0.3) is 5.91 Å². The molecule has 1 heterocycles. The highest BCUT2D eigenvalue weighted by Crippen LogP contribution is 2.39. The van der Waals surface area contributed by atoms with E-state index in [9.17, 15) is 15.0 Å². The van der Waals surface area contributed by atoms with Gasteiger partial charge in [-0.2, -0.15) is 0 Å². The van der Waals surface area contributed by atoms with Crippen LogP contribution in [0.4, 0.5) is 0 Å². The minimum absolute atomic E-state index is 0.000463. The zero-order valence-corrected chi connectivity index (χ0v) is 12.4. The summed E-state index contributed by atoms with van der Waals surface area (Å²) in [6.07, 6.45) is 0. The number of benzene rings is 1. The van der Waals surface area contributed by atoms with Gasteiger partial charge >= 0.3 is 0 Å².